The van der Waals surface area contributed by atoms with Gasteiger partial charge in [-0.05, 0) is 23.3 Å². The van der Waals surface area contributed by atoms with Gasteiger partial charge in [-0.1, -0.05) is 50.2 Å². The second kappa shape index (κ2) is 4.83. The standard InChI is InChI=1S/C16H18O2/c1-16(2,11-17)13-8-9-15(18)14(10-13)12-6-4-3-5-7-12/h3-10,17-18H,11H2,1-2H3. The lowest BCUT2D eigenvalue weighted by Gasteiger charge is -2.23. The molecule has 2 aromatic carbocycles. The van der Waals surface area contributed by atoms with Gasteiger partial charge in [-0.15, -0.1) is 0 Å². The molecule has 2 heteroatoms. The zero-order valence-electron chi connectivity index (χ0n) is 10.7. The first kappa shape index (κ1) is 12.7. The number of aliphatic hydroxyl groups excluding tert-OH is 1. The molecule has 2 rings (SSSR count). The molecule has 0 saturated carbocycles. The van der Waals surface area contributed by atoms with Crippen molar-refractivity contribution in [3.63, 3.8) is 0 Å². The second-order valence-corrected chi connectivity index (χ2v) is 5.14. The van der Waals surface area contributed by atoms with Gasteiger partial charge in [-0.2, -0.15) is 0 Å². The van der Waals surface area contributed by atoms with Crippen molar-refractivity contribution in [1.82, 2.24) is 0 Å². The van der Waals surface area contributed by atoms with E-state index >= 15 is 0 Å². The fourth-order valence-corrected chi connectivity index (χ4v) is 1.90. The van der Waals surface area contributed by atoms with Crippen LogP contribution < -0.4 is 0 Å². The lowest BCUT2D eigenvalue weighted by atomic mass is 9.84. The van der Waals surface area contributed by atoms with Gasteiger partial charge in [0.15, 0.2) is 0 Å². The molecule has 0 unspecified atom stereocenters. The smallest absolute Gasteiger partial charge is 0.123 e. The third-order valence-corrected chi connectivity index (χ3v) is 3.26. The summed E-state index contributed by atoms with van der Waals surface area (Å²) in [6.45, 7) is 4.04. The summed E-state index contributed by atoms with van der Waals surface area (Å²) in [6.07, 6.45) is 0. The molecule has 0 aliphatic carbocycles. The summed E-state index contributed by atoms with van der Waals surface area (Å²) in [5, 5.41) is 19.4. The first-order valence-electron chi connectivity index (χ1n) is 6.04. The predicted molar refractivity (Wildman–Crippen MR) is 73.7 cm³/mol. The Bertz CT molecular complexity index is 530. The molecule has 18 heavy (non-hydrogen) atoms. The van der Waals surface area contributed by atoms with Crippen molar-refractivity contribution >= 4 is 0 Å². The SMILES string of the molecule is CC(C)(CO)c1ccc(O)c(-c2ccccc2)c1. The van der Waals surface area contributed by atoms with E-state index in [1.807, 2.05) is 56.3 Å². The zero-order chi connectivity index (χ0) is 13.2. The normalized spacial score (nSPS) is 11.5. The van der Waals surface area contributed by atoms with Crippen LogP contribution >= 0.6 is 0 Å². The molecule has 0 aliphatic heterocycles. The molecule has 0 saturated heterocycles. The first-order valence-corrected chi connectivity index (χ1v) is 6.04. The molecule has 2 aromatic rings. The van der Waals surface area contributed by atoms with Crippen molar-refractivity contribution < 1.29 is 10.2 Å². The summed E-state index contributed by atoms with van der Waals surface area (Å²) in [6, 6.07) is 15.3. The van der Waals surface area contributed by atoms with E-state index in [9.17, 15) is 10.2 Å². The minimum Gasteiger partial charge on any atom is -0.507 e. The zero-order valence-corrected chi connectivity index (χ0v) is 10.7. The number of aromatic hydroxyl groups is 1. The number of aliphatic hydroxyl groups is 1. The monoisotopic (exact) mass is 242 g/mol. The third kappa shape index (κ3) is 2.39. The maximum atomic E-state index is 9.96. The highest BCUT2D eigenvalue weighted by atomic mass is 16.3. The molecular formula is C16H18O2. The molecule has 0 heterocycles. The summed E-state index contributed by atoms with van der Waals surface area (Å²) in [5.41, 5.74) is 2.49. The van der Waals surface area contributed by atoms with Gasteiger partial charge in [0.05, 0.1) is 6.61 Å². The molecular weight excluding hydrogens is 224 g/mol. The van der Waals surface area contributed by atoms with E-state index in [4.69, 9.17) is 0 Å². The summed E-state index contributed by atoms with van der Waals surface area (Å²) < 4.78 is 0. The molecule has 0 spiro atoms. The van der Waals surface area contributed by atoms with Crippen LogP contribution in [0.1, 0.15) is 19.4 Å². The van der Waals surface area contributed by atoms with Gasteiger partial charge >= 0.3 is 0 Å². The Kier molecular flexibility index (Phi) is 3.39. The second-order valence-electron chi connectivity index (χ2n) is 5.14. The Labute approximate surface area is 108 Å². The molecule has 0 aromatic heterocycles. The van der Waals surface area contributed by atoms with Crippen LogP contribution in [0.4, 0.5) is 0 Å². The molecule has 0 amide bonds. The van der Waals surface area contributed by atoms with E-state index in [0.717, 1.165) is 16.7 Å². The molecule has 94 valence electrons. The van der Waals surface area contributed by atoms with Gasteiger partial charge in [0.1, 0.15) is 5.75 Å². The Morgan fingerprint density at radius 2 is 1.67 bits per heavy atom. The van der Waals surface area contributed by atoms with Gasteiger partial charge < -0.3 is 10.2 Å². The summed E-state index contributed by atoms with van der Waals surface area (Å²) in [4.78, 5) is 0. The van der Waals surface area contributed by atoms with E-state index < -0.39 is 0 Å². The minimum absolute atomic E-state index is 0.0754. The minimum atomic E-state index is -0.308. The van der Waals surface area contributed by atoms with Crippen LogP contribution in [0, 0.1) is 0 Å². The number of benzene rings is 2. The fraction of sp³-hybridized carbons (Fsp3) is 0.250. The van der Waals surface area contributed by atoms with Crippen molar-refractivity contribution in [3.8, 4) is 16.9 Å². The number of rotatable bonds is 3. The van der Waals surface area contributed by atoms with Crippen LogP contribution in [-0.2, 0) is 5.41 Å². The number of phenols is 1. The van der Waals surface area contributed by atoms with Crippen molar-refractivity contribution in [2.24, 2.45) is 0 Å². The Balaban J connectivity index is 2.52. The molecule has 0 bridgehead atoms. The lowest BCUT2D eigenvalue weighted by molar-refractivity contribution is 0.218. The molecule has 2 N–H and O–H groups in total. The third-order valence-electron chi connectivity index (χ3n) is 3.26. The number of phenolic OH excluding ortho intramolecular Hbond substituents is 1. The molecule has 0 radical (unpaired) electrons. The average molecular weight is 242 g/mol. The van der Waals surface area contributed by atoms with Crippen molar-refractivity contribution in [2.75, 3.05) is 6.61 Å². The summed E-state index contributed by atoms with van der Waals surface area (Å²) >= 11 is 0. The quantitative estimate of drug-likeness (QED) is 0.866. The van der Waals surface area contributed by atoms with E-state index in [-0.39, 0.29) is 17.8 Å². The average Bonchev–Trinajstić information content (AvgIpc) is 2.40. The Hall–Kier alpha value is -1.80. The Morgan fingerprint density at radius 3 is 2.28 bits per heavy atom. The van der Waals surface area contributed by atoms with Gasteiger partial charge in [0, 0.05) is 11.0 Å². The van der Waals surface area contributed by atoms with Gasteiger partial charge in [-0.3, -0.25) is 0 Å². The van der Waals surface area contributed by atoms with Crippen LogP contribution in [0.25, 0.3) is 11.1 Å². The van der Waals surface area contributed by atoms with Gasteiger partial charge in [-0.25, -0.2) is 0 Å². The molecule has 0 aliphatic rings. The van der Waals surface area contributed by atoms with Crippen LogP contribution in [0.15, 0.2) is 48.5 Å². The number of hydrogen-bond donors (Lipinski definition) is 2. The van der Waals surface area contributed by atoms with Crippen molar-refractivity contribution in [1.29, 1.82) is 0 Å². The van der Waals surface area contributed by atoms with Gasteiger partial charge in [0.25, 0.3) is 0 Å². The maximum Gasteiger partial charge on any atom is 0.123 e. The predicted octanol–water partition coefficient (Wildman–Crippen LogP) is 3.33. The largest absolute Gasteiger partial charge is 0.507 e. The first-order chi connectivity index (χ1) is 8.54. The van der Waals surface area contributed by atoms with Crippen LogP contribution in [0.3, 0.4) is 0 Å². The van der Waals surface area contributed by atoms with Crippen LogP contribution in [0.2, 0.25) is 0 Å². The van der Waals surface area contributed by atoms with Gasteiger partial charge in [0.2, 0.25) is 0 Å². The van der Waals surface area contributed by atoms with E-state index in [1.54, 1.807) is 6.07 Å². The van der Waals surface area contributed by atoms with Crippen LogP contribution in [0.5, 0.6) is 5.75 Å². The summed E-state index contributed by atoms with van der Waals surface area (Å²) in [7, 11) is 0. The highest BCUT2D eigenvalue weighted by Crippen LogP contribution is 2.33. The molecule has 2 nitrogen and oxygen atoms in total. The van der Waals surface area contributed by atoms with Crippen LogP contribution in [-0.4, -0.2) is 16.8 Å². The van der Waals surface area contributed by atoms with E-state index in [1.165, 1.54) is 0 Å². The molecule has 0 atom stereocenters. The highest BCUT2D eigenvalue weighted by molar-refractivity contribution is 5.71. The van der Waals surface area contributed by atoms with E-state index in [0.29, 0.717) is 0 Å². The van der Waals surface area contributed by atoms with E-state index in [2.05, 4.69) is 0 Å². The van der Waals surface area contributed by atoms with Crippen molar-refractivity contribution in [3.05, 3.63) is 54.1 Å². The fourth-order valence-electron chi connectivity index (χ4n) is 1.90. The Morgan fingerprint density at radius 1 is 1.00 bits per heavy atom. The topological polar surface area (TPSA) is 40.5 Å². The maximum absolute atomic E-state index is 9.96. The highest BCUT2D eigenvalue weighted by Gasteiger charge is 2.20. The lowest BCUT2D eigenvalue weighted by Crippen LogP contribution is -2.21. The van der Waals surface area contributed by atoms with Crippen molar-refractivity contribution in [2.45, 2.75) is 19.3 Å². The summed E-state index contributed by atoms with van der Waals surface area (Å²) in [5.74, 6) is 0.263. The molecule has 0 fully saturated rings. The number of hydrogen-bond acceptors (Lipinski definition) is 2.